The molecule has 0 aromatic carbocycles. The van der Waals surface area contributed by atoms with Crippen molar-refractivity contribution in [2.45, 2.75) is 70.9 Å². The average Bonchev–Trinajstić information content (AvgIpc) is 3.10. The first-order chi connectivity index (χ1) is 11.7. The van der Waals surface area contributed by atoms with Crippen molar-refractivity contribution in [3.05, 3.63) is 0 Å². The summed E-state index contributed by atoms with van der Waals surface area (Å²) in [4.78, 5) is 38.2. The Balaban J connectivity index is 1.37. The highest BCUT2D eigenvalue weighted by Gasteiger charge is 2.57. The maximum atomic E-state index is 12.6. The molecule has 6 nitrogen and oxygen atoms in total. The fourth-order valence-corrected chi connectivity index (χ4v) is 5.73. The molecule has 5 aliphatic rings. The Morgan fingerprint density at radius 1 is 1.24 bits per heavy atom. The topological polar surface area (TPSA) is 75.7 Å². The van der Waals surface area contributed by atoms with Crippen LogP contribution in [0.5, 0.6) is 0 Å². The summed E-state index contributed by atoms with van der Waals surface area (Å²) in [7, 11) is 0. The monoisotopic (exact) mass is 348 g/mol. The van der Waals surface area contributed by atoms with Gasteiger partial charge in [0.25, 0.3) is 5.91 Å². The van der Waals surface area contributed by atoms with E-state index in [1.54, 1.807) is 0 Å². The summed E-state index contributed by atoms with van der Waals surface area (Å²) in [5.41, 5.74) is -0.427. The summed E-state index contributed by atoms with van der Waals surface area (Å²) in [5.74, 6) is 0.794. The molecule has 2 bridgehead atoms. The number of esters is 1. The zero-order chi connectivity index (χ0) is 18.0. The third-order valence-electron chi connectivity index (χ3n) is 7.56. The van der Waals surface area contributed by atoms with E-state index in [2.05, 4.69) is 26.1 Å². The first-order valence-electron chi connectivity index (χ1n) is 9.58. The van der Waals surface area contributed by atoms with E-state index in [-0.39, 0.29) is 18.6 Å². The lowest BCUT2D eigenvalue weighted by Crippen LogP contribution is -2.57. The highest BCUT2D eigenvalue weighted by atomic mass is 16.5. The van der Waals surface area contributed by atoms with Crippen molar-refractivity contribution in [2.75, 3.05) is 6.54 Å². The average molecular weight is 348 g/mol. The molecule has 0 radical (unpaired) electrons. The van der Waals surface area contributed by atoms with Gasteiger partial charge in [-0.05, 0) is 48.9 Å². The summed E-state index contributed by atoms with van der Waals surface area (Å²) < 4.78 is 5.69. The molecule has 1 heterocycles. The number of hydrogen-bond acceptors (Lipinski definition) is 4. The lowest BCUT2D eigenvalue weighted by atomic mass is 9.45. The molecule has 138 valence electrons. The van der Waals surface area contributed by atoms with Crippen LogP contribution in [0.25, 0.3) is 0 Å². The van der Waals surface area contributed by atoms with Crippen molar-refractivity contribution in [1.29, 1.82) is 0 Å². The maximum absolute atomic E-state index is 12.6. The minimum absolute atomic E-state index is 0.0921. The van der Waals surface area contributed by atoms with Crippen molar-refractivity contribution < 1.29 is 19.1 Å². The molecule has 4 aliphatic carbocycles. The van der Waals surface area contributed by atoms with Crippen LogP contribution in [-0.2, 0) is 14.3 Å². The van der Waals surface area contributed by atoms with Gasteiger partial charge in [-0.3, -0.25) is 14.5 Å². The lowest BCUT2D eigenvalue weighted by molar-refractivity contribution is -0.186. The second-order valence-corrected chi connectivity index (χ2v) is 9.09. The normalized spacial score (nSPS) is 37.8. The quantitative estimate of drug-likeness (QED) is 0.628. The Labute approximate surface area is 148 Å². The summed E-state index contributed by atoms with van der Waals surface area (Å²) in [6.45, 7) is 6.48. The van der Waals surface area contributed by atoms with Gasteiger partial charge < -0.3 is 10.1 Å². The van der Waals surface area contributed by atoms with E-state index in [1.807, 2.05) is 0 Å². The second kappa shape index (κ2) is 5.45. The van der Waals surface area contributed by atoms with Crippen LogP contribution >= 0.6 is 0 Å². The summed E-state index contributed by atoms with van der Waals surface area (Å²) in [6.07, 6.45) is 5.22. The van der Waals surface area contributed by atoms with Gasteiger partial charge >= 0.3 is 12.0 Å². The predicted molar refractivity (Wildman–Crippen MR) is 90.5 cm³/mol. The minimum Gasteiger partial charge on any atom is -0.461 e. The van der Waals surface area contributed by atoms with Crippen molar-refractivity contribution in [3.63, 3.8) is 0 Å². The Morgan fingerprint density at radius 2 is 1.92 bits per heavy atom. The van der Waals surface area contributed by atoms with Gasteiger partial charge in [0.15, 0.2) is 0 Å². The number of imide groups is 1. The first-order valence-corrected chi connectivity index (χ1v) is 9.58. The van der Waals surface area contributed by atoms with E-state index in [1.165, 1.54) is 6.42 Å². The second-order valence-electron chi connectivity index (χ2n) is 9.09. The third kappa shape index (κ3) is 2.40. The van der Waals surface area contributed by atoms with Gasteiger partial charge in [-0.2, -0.15) is 0 Å². The molecule has 5 fully saturated rings. The highest BCUT2D eigenvalue weighted by Crippen LogP contribution is 2.61. The van der Waals surface area contributed by atoms with Crippen LogP contribution in [0.4, 0.5) is 4.79 Å². The molecule has 6 heteroatoms. The van der Waals surface area contributed by atoms with Gasteiger partial charge in [0.1, 0.15) is 18.2 Å². The van der Waals surface area contributed by atoms with Crippen molar-refractivity contribution in [3.8, 4) is 0 Å². The molecule has 4 atom stereocenters. The summed E-state index contributed by atoms with van der Waals surface area (Å²) in [5, 5.41) is 2.80. The van der Waals surface area contributed by atoms with Gasteiger partial charge in [0, 0.05) is 0 Å². The predicted octanol–water partition coefficient (Wildman–Crippen LogP) is 2.46. The Kier molecular flexibility index (Phi) is 3.68. The molecule has 0 unspecified atom stereocenters. The zero-order valence-electron chi connectivity index (χ0n) is 15.3. The van der Waals surface area contributed by atoms with Crippen molar-refractivity contribution in [2.24, 2.45) is 23.2 Å². The van der Waals surface area contributed by atoms with Crippen LogP contribution < -0.4 is 5.32 Å². The number of fused-ring (bicyclic) bond motifs is 2. The number of carbonyl (C=O) groups excluding carboxylic acids is 3. The standard InChI is InChI=1S/C19H28N2O4/c1-11-13-8-12(18(13,2)3)9-14(11)25-15(22)10-21-16(23)19(20-17(21)24)6-4-5-7-19/h11-14H,4-10H2,1-3H3,(H,20,24)/t11-,12-,13-,14+/m1/s1. The Morgan fingerprint density at radius 3 is 2.52 bits per heavy atom. The van der Waals surface area contributed by atoms with Gasteiger partial charge in [-0.15, -0.1) is 0 Å². The molecule has 1 aliphatic heterocycles. The zero-order valence-corrected chi connectivity index (χ0v) is 15.3. The molecule has 5 rings (SSSR count). The number of amides is 3. The largest absolute Gasteiger partial charge is 0.461 e. The molecule has 1 spiro atoms. The van der Waals surface area contributed by atoms with Gasteiger partial charge in [-0.25, -0.2) is 4.79 Å². The molecule has 1 saturated heterocycles. The number of carbonyl (C=O) groups is 3. The van der Waals surface area contributed by atoms with E-state index in [0.717, 1.165) is 24.2 Å². The van der Waals surface area contributed by atoms with Crippen molar-refractivity contribution >= 4 is 17.9 Å². The number of urea groups is 1. The maximum Gasteiger partial charge on any atom is 0.326 e. The Hall–Kier alpha value is -1.59. The summed E-state index contributed by atoms with van der Waals surface area (Å²) in [6, 6.07) is -0.454. The van der Waals surface area contributed by atoms with E-state index in [0.29, 0.717) is 36.0 Å². The molecule has 0 aromatic heterocycles. The molecular weight excluding hydrogens is 320 g/mol. The van der Waals surface area contributed by atoms with Crippen LogP contribution in [0.3, 0.4) is 0 Å². The van der Waals surface area contributed by atoms with Gasteiger partial charge in [0.05, 0.1) is 0 Å². The molecule has 25 heavy (non-hydrogen) atoms. The highest BCUT2D eigenvalue weighted by molar-refractivity contribution is 6.08. The minimum atomic E-state index is -0.763. The first kappa shape index (κ1) is 16.9. The van der Waals surface area contributed by atoms with Crippen LogP contribution in [0.1, 0.15) is 59.3 Å². The third-order valence-corrected chi connectivity index (χ3v) is 7.56. The number of rotatable bonds is 3. The number of ether oxygens (including phenoxy) is 1. The number of hydrogen-bond donors (Lipinski definition) is 1. The van der Waals surface area contributed by atoms with E-state index in [9.17, 15) is 14.4 Å². The Bertz CT molecular complexity index is 623. The molecular formula is C19H28N2O4. The SMILES string of the molecule is C[C@H]1[C@@H](OC(=O)CN2C(=O)NC3(CCCC3)C2=O)C[C@H]2C[C@H]1C2(C)C. The smallest absolute Gasteiger partial charge is 0.326 e. The fourth-order valence-electron chi connectivity index (χ4n) is 5.73. The van der Waals surface area contributed by atoms with Crippen LogP contribution in [0, 0.1) is 23.2 Å². The molecule has 0 aromatic rings. The van der Waals surface area contributed by atoms with E-state index >= 15 is 0 Å². The molecule has 4 saturated carbocycles. The number of nitrogens with zero attached hydrogens (tertiary/aromatic N) is 1. The van der Waals surface area contributed by atoms with Gasteiger partial charge in [0.2, 0.25) is 0 Å². The van der Waals surface area contributed by atoms with Crippen molar-refractivity contribution in [1.82, 2.24) is 10.2 Å². The molecule has 3 amide bonds. The van der Waals surface area contributed by atoms with E-state index in [4.69, 9.17) is 4.74 Å². The van der Waals surface area contributed by atoms with Crippen LogP contribution in [0.15, 0.2) is 0 Å². The van der Waals surface area contributed by atoms with Gasteiger partial charge in [-0.1, -0.05) is 33.6 Å². The molecule has 1 N–H and O–H groups in total. The fraction of sp³-hybridized carbons (Fsp3) is 0.842. The lowest BCUT2D eigenvalue weighted by Gasteiger charge is -2.61. The summed E-state index contributed by atoms with van der Waals surface area (Å²) >= 11 is 0. The number of nitrogens with one attached hydrogen (secondary N) is 1. The van der Waals surface area contributed by atoms with Crippen LogP contribution in [0.2, 0.25) is 0 Å². The van der Waals surface area contributed by atoms with Crippen LogP contribution in [-0.4, -0.2) is 41.0 Å². The van der Waals surface area contributed by atoms with E-state index < -0.39 is 17.5 Å².